The largest absolute Gasteiger partial charge is 0.456 e. The van der Waals surface area contributed by atoms with Crippen LogP contribution in [0.25, 0.3) is 77.3 Å². The van der Waals surface area contributed by atoms with E-state index in [0.29, 0.717) is 0 Å². The molecule has 16 rings (SSSR count). The van der Waals surface area contributed by atoms with E-state index in [1.807, 2.05) is 12.1 Å². The summed E-state index contributed by atoms with van der Waals surface area (Å²) in [5.41, 5.74) is 27.9. The van der Waals surface area contributed by atoms with Crippen LogP contribution in [0, 0.1) is 0 Å². The summed E-state index contributed by atoms with van der Waals surface area (Å²) < 4.78 is 12.6. The molecule has 366 valence electrons. The lowest BCUT2D eigenvalue weighted by Gasteiger charge is -2.50. The van der Waals surface area contributed by atoms with E-state index in [1.165, 1.54) is 112 Å². The molecule has 0 amide bonds. The second kappa shape index (κ2) is 14.6. The Labute approximate surface area is 443 Å². The van der Waals surface area contributed by atoms with Gasteiger partial charge in [-0.3, -0.25) is 0 Å². The minimum Gasteiger partial charge on any atom is -0.456 e. The van der Waals surface area contributed by atoms with Gasteiger partial charge in [-0.2, -0.15) is 0 Å². The number of nitrogens with zero attached hydrogens (tertiary/aromatic N) is 2. The van der Waals surface area contributed by atoms with Crippen molar-refractivity contribution in [1.82, 2.24) is 0 Å². The maximum Gasteiger partial charge on any atom is 0.135 e. The molecule has 0 N–H and O–H groups in total. The van der Waals surface area contributed by atoms with Gasteiger partial charge in [0.1, 0.15) is 22.3 Å². The summed E-state index contributed by atoms with van der Waals surface area (Å²) in [6, 6.07) is 72.8. The molecule has 0 saturated carbocycles. The normalized spacial score (nSPS) is 16.5. The molecule has 76 heavy (non-hydrogen) atoms. The molecule has 0 saturated heterocycles. The van der Waals surface area contributed by atoms with Gasteiger partial charge in [0.05, 0.1) is 34.1 Å². The van der Waals surface area contributed by atoms with Crippen molar-refractivity contribution in [3.8, 4) is 33.4 Å². The van der Waals surface area contributed by atoms with Crippen molar-refractivity contribution in [2.45, 2.75) is 77.0 Å². The van der Waals surface area contributed by atoms with Crippen molar-refractivity contribution in [2.24, 2.45) is 0 Å². The van der Waals surface area contributed by atoms with Gasteiger partial charge in [-0.1, -0.05) is 152 Å². The average molecular weight is 981 g/mol. The number of benzene rings is 10. The zero-order valence-electron chi connectivity index (χ0n) is 44.2. The van der Waals surface area contributed by atoms with Crippen molar-refractivity contribution < 1.29 is 8.83 Å². The number of hydrogen-bond acceptors (Lipinski definition) is 4. The number of fused-ring (bicyclic) bond motifs is 14. The Morgan fingerprint density at radius 3 is 0.974 bits per heavy atom. The Bertz CT molecular complexity index is 4280. The lowest BCUT2D eigenvalue weighted by atomic mass is 9.64. The number of para-hydroxylation sites is 4. The van der Waals surface area contributed by atoms with E-state index in [4.69, 9.17) is 8.83 Å². The van der Waals surface area contributed by atoms with E-state index in [0.717, 1.165) is 43.9 Å². The fourth-order valence-corrected chi connectivity index (χ4v) is 14.3. The SMILES string of the molecule is CC1(C)c2ccccc2N2c3ccccc3C(C)(C)c3cc(-c4cc5c6c(c4)C(C)(C)c4cc(-c7ccc8oc9ccccc9c8c7)ccc4N6c4ccc(-c6ccc7oc8ccccc8c7c6)cc4C5(C)C)cc1c32. The van der Waals surface area contributed by atoms with Crippen molar-refractivity contribution in [1.29, 1.82) is 0 Å². The van der Waals surface area contributed by atoms with Crippen LogP contribution in [0.3, 0.4) is 0 Å². The van der Waals surface area contributed by atoms with Crippen LogP contribution in [0.4, 0.5) is 34.1 Å². The third-order valence-electron chi connectivity index (χ3n) is 18.6. The van der Waals surface area contributed by atoms with Gasteiger partial charge in [0.15, 0.2) is 0 Å². The molecule has 4 heteroatoms. The third kappa shape index (κ3) is 5.63. The zero-order chi connectivity index (χ0) is 51.4. The van der Waals surface area contributed by atoms with Gasteiger partial charge < -0.3 is 18.6 Å². The Morgan fingerprint density at radius 2 is 0.553 bits per heavy atom. The van der Waals surface area contributed by atoms with Gasteiger partial charge >= 0.3 is 0 Å². The van der Waals surface area contributed by atoms with E-state index in [9.17, 15) is 0 Å². The van der Waals surface area contributed by atoms with Crippen molar-refractivity contribution in [3.63, 3.8) is 0 Å². The van der Waals surface area contributed by atoms with Gasteiger partial charge in [-0.05, 0) is 175 Å². The molecule has 6 heterocycles. The first-order chi connectivity index (χ1) is 36.7. The maximum absolute atomic E-state index is 6.31. The fraction of sp³-hybridized carbons (Fsp3) is 0.167. The van der Waals surface area contributed by atoms with Crippen LogP contribution in [-0.4, -0.2) is 0 Å². The molecule has 4 aliphatic heterocycles. The smallest absolute Gasteiger partial charge is 0.135 e. The summed E-state index contributed by atoms with van der Waals surface area (Å²) in [6.45, 7) is 19.5. The molecular formula is C72H56N2O2. The van der Waals surface area contributed by atoms with Crippen LogP contribution in [0.1, 0.15) is 99.9 Å². The quantitative estimate of drug-likeness (QED) is 0.177. The van der Waals surface area contributed by atoms with Crippen molar-refractivity contribution >= 4 is 78.0 Å². The summed E-state index contributed by atoms with van der Waals surface area (Å²) in [4.78, 5) is 5.18. The molecule has 0 unspecified atom stereocenters. The Balaban J connectivity index is 0.937. The first kappa shape index (κ1) is 43.8. The van der Waals surface area contributed by atoms with Crippen LogP contribution < -0.4 is 9.80 Å². The summed E-state index contributed by atoms with van der Waals surface area (Å²) in [5, 5.41) is 4.55. The first-order valence-electron chi connectivity index (χ1n) is 27.0. The average Bonchev–Trinajstić information content (AvgIpc) is 4.14. The highest BCUT2D eigenvalue weighted by Crippen LogP contribution is 2.64. The minimum absolute atomic E-state index is 0.254. The molecule has 4 aliphatic rings. The zero-order valence-corrected chi connectivity index (χ0v) is 44.2. The van der Waals surface area contributed by atoms with Crippen LogP contribution in [0.5, 0.6) is 0 Å². The van der Waals surface area contributed by atoms with E-state index in [-0.39, 0.29) is 21.7 Å². The highest BCUT2D eigenvalue weighted by Gasteiger charge is 2.48. The number of rotatable bonds is 3. The molecule has 10 aromatic carbocycles. The number of anilines is 6. The second-order valence-electron chi connectivity index (χ2n) is 24.1. The lowest BCUT2D eigenvalue weighted by Crippen LogP contribution is -2.38. The third-order valence-corrected chi connectivity index (χ3v) is 18.6. The minimum atomic E-state index is -0.375. The molecule has 0 aliphatic carbocycles. The number of furan rings is 2. The Morgan fingerprint density at radius 1 is 0.250 bits per heavy atom. The van der Waals surface area contributed by atoms with E-state index in [2.05, 4.69) is 247 Å². The molecule has 0 bridgehead atoms. The molecule has 0 radical (unpaired) electrons. The second-order valence-corrected chi connectivity index (χ2v) is 24.1. The molecular weight excluding hydrogens is 925 g/mol. The fourth-order valence-electron chi connectivity index (χ4n) is 14.3. The van der Waals surface area contributed by atoms with Crippen LogP contribution >= 0.6 is 0 Å². The molecule has 0 atom stereocenters. The van der Waals surface area contributed by atoms with E-state index >= 15 is 0 Å². The standard InChI is InChI=1S/C72H56N2O2/c1-69(2)51-19-11-13-21-59(51)73-60-22-14-12-20-52(60)70(3,4)56-38-45(37-55(69)67(56)73)46-39-57-68-58(40-46)72(7,8)54-36-44(42-28-32-66-50(34-42)48-18-10-16-24-64(48)76-66)26-30-62(54)74(68)61-29-25-43(35-53(61)71(57,5)6)41-27-31-65-49(33-41)47-17-9-15-23-63(47)75-65/h9-40H,1-8H3. The van der Waals surface area contributed by atoms with Crippen LogP contribution in [0.15, 0.2) is 203 Å². The van der Waals surface area contributed by atoms with E-state index < -0.39 is 0 Å². The molecule has 0 fully saturated rings. The highest BCUT2D eigenvalue weighted by molar-refractivity contribution is 6.08. The summed E-state index contributed by atoms with van der Waals surface area (Å²) in [7, 11) is 0. The molecule has 4 nitrogen and oxygen atoms in total. The summed E-state index contributed by atoms with van der Waals surface area (Å²) >= 11 is 0. The van der Waals surface area contributed by atoms with Crippen LogP contribution in [0.2, 0.25) is 0 Å². The topological polar surface area (TPSA) is 32.8 Å². The van der Waals surface area contributed by atoms with Gasteiger partial charge in [-0.15, -0.1) is 0 Å². The van der Waals surface area contributed by atoms with Gasteiger partial charge in [0.25, 0.3) is 0 Å². The van der Waals surface area contributed by atoms with Gasteiger partial charge in [0, 0.05) is 43.2 Å². The predicted octanol–water partition coefficient (Wildman–Crippen LogP) is 20.0. The molecule has 12 aromatic rings. The Hall–Kier alpha value is -8.60. The molecule has 0 spiro atoms. The monoisotopic (exact) mass is 980 g/mol. The first-order valence-corrected chi connectivity index (χ1v) is 27.0. The summed E-state index contributed by atoms with van der Waals surface area (Å²) in [5.74, 6) is 0. The highest BCUT2D eigenvalue weighted by atomic mass is 16.3. The lowest BCUT2D eigenvalue weighted by molar-refractivity contribution is 0.596. The summed E-state index contributed by atoms with van der Waals surface area (Å²) in [6.07, 6.45) is 0. The predicted molar refractivity (Wildman–Crippen MR) is 315 cm³/mol. The van der Waals surface area contributed by atoms with Gasteiger partial charge in [-0.25, -0.2) is 0 Å². The van der Waals surface area contributed by atoms with Gasteiger partial charge in [0.2, 0.25) is 0 Å². The van der Waals surface area contributed by atoms with Crippen LogP contribution in [-0.2, 0) is 21.7 Å². The Kier molecular flexibility index (Phi) is 8.42. The van der Waals surface area contributed by atoms with Crippen molar-refractivity contribution in [3.05, 3.63) is 239 Å². The number of hydrogen-bond donors (Lipinski definition) is 0. The molecule has 2 aromatic heterocycles. The maximum atomic E-state index is 6.31. The van der Waals surface area contributed by atoms with E-state index in [1.54, 1.807) is 0 Å². The van der Waals surface area contributed by atoms with Crippen molar-refractivity contribution in [2.75, 3.05) is 9.80 Å².